The van der Waals surface area contributed by atoms with Crippen LogP contribution in [0.1, 0.15) is 33.2 Å². The Kier molecular flexibility index (Phi) is 4.74. The molecule has 2 rings (SSSR count). The Bertz CT molecular complexity index is 638. The van der Waals surface area contributed by atoms with E-state index in [9.17, 15) is 9.59 Å². The van der Waals surface area contributed by atoms with Gasteiger partial charge in [0.2, 0.25) is 5.91 Å². The molecule has 1 amide bonds. The highest BCUT2D eigenvalue weighted by atomic mass is 35.5. The van der Waals surface area contributed by atoms with Gasteiger partial charge in [0.05, 0.1) is 16.8 Å². The van der Waals surface area contributed by atoms with Crippen molar-refractivity contribution in [1.82, 2.24) is 10.3 Å². The fourth-order valence-electron chi connectivity index (χ4n) is 1.50. The lowest BCUT2D eigenvalue weighted by Crippen LogP contribution is -2.27. The normalized spacial score (nSPS) is 12.1. The zero-order chi connectivity index (χ0) is 14.7. The van der Waals surface area contributed by atoms with E-state index in [0.29, 0.717) is 9.34 Å². The molecular weight excluding hydrogens is 320 g/mol. The van der Waals surface area contributed by atoms with Crippen LogP contribution in [0.5, 0.6) is 0 Å². The van der Waals surface area contributed by atoms with Crippen LogP contribution >= 0.6 is 34.3 Å². The quantitative estimate of drug-likeness (QED) is 0.883. The molecule has 0 fully saturated rings. The van der Waals surface area contributed by atoms with Crippen molar-refractivity contribution in [1.29, 1.82) is 0 Å². The maximum Gasteiger partial charge on any atom is 0.355 e. The Hall–Kier alpha value is -1.44. The summed E-state index contributed by atoms with van der Waals surface area (Å²) in [5.74, 6) is -1.51. The second kappa shape index (κ2) is 6.34. The molecule has 0 aromatic carbocycles. The molecule has 0 saturated heterocycles. The lowest BCUT2D eigenvalue weighted by atomic mass is 10.1. The van der Waals surface area contributed by atoms with Gasteiger partial charge in [0, 0.05) is 10.3 Å². The number of amides is 1. The number of aromatic carboxylic acids is 1. The van der Waals surface area contributed by atoms with Crippen LogP contribution in [0.25, 0.3) is 0 Å². The van der Waals surface area contributed by atoms with Gasteiger partial charge in [0.15, 0.2) is 5.69 Å². The second-order valence-electron chi connectivity index (χ2n) is 4.01. The van der Waals surface area contributed by atoms with E-state index >= 15 is 0 Å². The molecule has 2 N–H and O–H groups in total. The number of carboxylic acids is 1. The summed E-state index contributed by atoms with van der Waals surface area (Å²) >= 11 is 8.41. The van der Waals surface area contributed by atoms with Crippen LogP contribution < -0.4 is 5.32 Å². The zero-order valence-electron chi connectivity index (χ0n) is 10.4. The lowest BCUT2D eigenvalue weighted by molar-refractivity contribution is -0.122. The van der Waals surface area contributed by atoms with Crippen molar-refractivity contribution in [3.8, 4) is 0 Å². The first-order chi connectivity index (χ1) is 9.47. The molecular formula is C12H11ClN2O3S2. The van der Waals surface area contributed by atoms with Crippen molar-refractivity contribution in [3.63, 3.8) is 0 Å². The van der Waals surface area contributed by atoms with Gasteiger partial charge in [-0.1, -0.05) is 11.6 Å². The summed E-state index contributed by atoms with van der Waals surface area (Å²) in [4.78, 5) is 27.5. The fourth-order valence-corrected chi connectivity index (χ4v) is 3.32. The Labute approximate surface area is 128 Å². The monoisotopic (exact) mass is 330 g/mol. The minimum atomic E-state index is -1.07. The number of nitrogens with one attached hydrogen (secondary N) is 1. The average molecular weight is 331 g/mol. The highest BCUT2D eigenvalue weighted by Crippen LogP contribution is 2.28. The van der Waals surface area contributed by atoms with Crippen molar-refractivity contribution < 1.29 is 14.7 Å². The van der Waals surface area contributed by atoms with E-state index in [4.69, 9.17) is 16.7 Å². The van der Waals surface area contributed by atoms with Crippen LogP contribution in [0.15, 0.2) is 17.5 Å². The lowest BCUT2D eigenvalue weighted by Gasteiger charge is -2.09. The first-order valence-electron chi connectivity index (χ1n) is 5.68. The van der Waals surface area contributed by atoms with Gasteiger partial charge in [-0.25, -0.2) is 9.78 Å². The van der Waals surface area contributed by atoms with Gasteiger partial charge >= 0.3 is 5.97 Å². The van der Waals surface area contributed by atoms with E-state index in [0.717, 1.165) is 4.88 Å². The number of nitrogens with zero attached hydrogens (tertiary/aromatic N) is 1. The molecule has 8 heteroatoms. The predicted octanol–water partition coefficient (Wildman–Crippen LogP) is 2.98. The van der Waals surface area contributed by atoms with Gasteiger partial charge in [-0.2, -0.15) is 0 Å². The van der Waals surface area contributed by atoms with Gasteiger partial charge in [-0.05, 0) is 19.1 Å². The largest absolute Gasteiger partial charge is 0.476 e. The van der Waals surface area contributed by atoms with E-state index in [1.165, 1.54) is 28.1 Å². The second-order valence-corrected chi connectivity index (χ2v) is 6.70. The van der Waals surface area contributed by atoms with Crippen molar-refractivity contribution >= 4 is 46.2 Å². The minimum Gasteiger partial charge on any atom is -0.476 e. The Morgan fingerprint density at radius 2 is 2.25 bits per heavy atom. The molecule has 0 aliphatic carbocycles. The van der Waals surface area contributed by atoms with Crippen LogP contribution in [-0.2, 0) is 11.3 Å². The number of halogens is 1. The summed E-state index contributed by atoms with van der Waals surface area (Å²) in [6.45, 7) is 2.02. The smallest absolute Gasteiger partial charge is 0.355 e. The molecule has 2 aromatic heterocycles. The molecule has 0 saturated carbocycles. The number of thiazole rings is 1. The van der Waals surface area contributed by atoms with E-state index in [-0.39, 0.29) is 24.1 Å². The van der Waals surface area contributed by atoms with Crippen LogP contribution in [0.2, 0.25) is 4.34 Å². The molecule has 0 unspecified atom stereocenters. The van der Waals surface area contributed by atoms with E-state index in [1.54, 1.807) is 13.0 Å². The number of aromatic nitrogens is 1. The standard InChI is InChI=1S/C12H11ClN2O3S2/c1-6(8-2-3-9(13)20-8)11(16)14-4-10-15-7(5-19-10)12(17)18/h2-3,5-6H,4H2,1H3,(H,14,16)(H,17,18)/t6-/m1/s1. The molecule has 0 radical (unpaired) electrons. The highest BCUT2D eigenvalue weighted by Gasteiger charge is 2.17. The summed E-state index contributed by atoms with van der Waals surface area (Å²) in [6.07, 6.45) is 0. The molecule has 2 aromatic rings. The van der Waals surface area contributed by atoms with Crippen molar-refractivity contribution in [3.05, 3.63) is 37.4 Å². The van der Waals surface area contributed by atoms with Gasteiger partial charge in [-0.3, -0.25) is 4.79 Å². The number of carboxylic acid groups (broad SMARTS) is 1. The minimum absolute atomic E-state index is 0.00247. The van der Waals surface area contributed by atoms with E-state index in [2.05, 4.69) is 10.3 Å². The maximum atomic E-state index is 12.0. The van der Waals surface area contributed by atoms with Crippen LogP contribution in [0.3, 0.4) is 0 Å². The van der Waals surface area contributed by atoms with Crippen molar-refractivity contribution in [2.24, 2.45) is 0 Å². The number of carbonyl (C=O) groups excluding carboxylic acids is 1. The third kappa shape index (κ3) is 3.56. The number of hydrogen-bond acceptors (Lipinski definition) is 5. The number of carbonyl (C=O) groups is 2. The van der Waals surface area contributed by atoms with Crippen molar-refractivity contribution in [2.45, 2.75) is 19.4 Å². The van der Waals surface area contributed by atoms with Crippen LogP contribution in [0.4, 0.5) is 0 Å². The topological polar surface area (TPSA) is 79.3 Å². The molecule has 106 valence electrons. The molecule has 0 aliphatic rings. The van der Waals surface area contributed by atoms with Gasteiger partial charge in [0.1, 0.15) is 5.01 Å². The summed E-state index contributed by atoms with van der Waals surface area (Å²) in [5, 5.41) is 13.5. The third-order valence-electron chi connectivity index (χ3n) is 2.60. The first kappa shape index (κ1) is 15.0. The Morgan fingerprint density at radius 3 is 2.80 bits per heavy atom. The number of thiophene rings is 1. The Balaban J connectivity index is 1.92. The number of rotatable bonds is 5. The van der Waals surface area contributed by atoms with E-state index < -0.39 is 5.97 Å². The molecule has 0 spiro atoms. The molecule has 20 heavy (non-hydrogen) atoms. The van der Waals surface area contributed by atoms with Crippen LogP contribution in [-0.4, -0.2) is 22.0 Å². The molecule has 2 heterocycles. The predicted molar refractivity (Wildman–Crippen MR) is 78.7 cm³/mol. The molecule has 0 bridgehead atoms. The van der Waals surface area contributed by atoms with Crippen molar-refractivity contribution in [2.75, 3.05) is 0 Å². The third-order valence-corrected chi connectivity index (χ3v) is 4.86. The average Bonchev–Trinajstić information content (AvgIpc) is 3.03. The van der Waals surface area contributed by atoms with Gasteiger partial charge in [-0.15, -0.1) is 22.7 Å². The van der Waals surface area contributed by atoms with E-state index in [1.807, 2.05) is 6.07 Å². The number of hydrogen-bond donors (Lipinski definition) is 2. The Morgan fingerprint density at radius 1 is 1.50 bits per heavy atom. The zero-order valence-corrected chi connectivity index (χ0v) is 12.8. The molecule has 5 nitrogen and oxygen atoms in total. The molecule has 0 aliphatic heterocycles. The summed E-state index contributed by atoms with van der Waals surface area (Å²) in [6, 6.07) is 3.58. The first-order valence-corrected chi connectivity index (χ1v) is 7.75. The summed E-state index contributed by atoms with van der Waals surface area (Å²) < 4.78 is 0.644. The fraction of sp³-hybridized carbons (Fsp3) is 0.250. The van der Waals surface area contributed by atoms with Crippen LogP contribution in [0, 0.1) is 0 Å². The summed E-state index contributed by atoms with van der Waals surface area (Å²) in [7, 11) is 0. The summed E-state index contributed by atoms with van der Waals surface area (Å²) in [5.41, 5.74) is -0.00247. The van der Waals surface area contributed by atoms with Gasteiger partial charge < -0.3 is 10.4 Å². The maximum absolute atomic E-state index is 12.0. The highest BCUT2D eigenvalue weighted by molar-refractivity contribution is 7.16. The molecule has 1 atom stereocenters. The SMILES string of the molecule is C[C@@H](C(=O)NCc1nc(C(=O)O)cs1)c1ccc(Cl)s1. The van der Waals surface area contributed by atoms with Gasteiger partial charge in [0.25, 0.3) is 0 Å².